The standard InChI is InChI=1S/C10H12ClN3O2S/c1-7-5-9(6-12)14-10(13-7)17(15,16)8(2)3-4-11/h5,8H,3-4H2,1-2H3. The molecule has 1 unspecified atom stereocenters. The van der Waals surface area contributed by atoms with E-state index in [1.807, 2.05) is 6.07 Å². The Morgan fingerprint density at radius 2 is 2.18 bits per heavy atom. The van der Waals surface area contributed by atoms with E-state index in [4.69, 9.17) is 16.9 Å². The highest BCUT2D eigenvalue weighted by molar-refractivity contribution is 7.91. The van der Waals surface area contributed by atoms with Crippen LogP contribution in [0.1, 0.15) is 24.7 Å². The maximum atomic E-state index is 12.0. The van der Waals surface area contributed by atoms with Crippen LogP contribution in [0.15, 0.2) is 11.2 Å². The van der Waals surface area contributed by atoms with Crippen LogP contribution in [0.25, 0.3) is 0 Å². The van der Waals surface area contributed by atoms with Crippen LogP contribution in [0.4, 0.5) is 0 Å². The van der Waals surface area contributed by atoms with E-state index in [9.17, 15) is 8.42 Å². The second-order valence-corrected chi connectivity index (χ2v) is 6.26. The molecule has 0 bridgehead atoms. The molecule has 1 aromatic heterocycles. The second kappa shape index (κ2) is 5.43. The van der Waals surface area contributed by atoms with Crippen LogP contribution in [-0.4, -0.2) is 29.5 Å². The van der Waals surface area contributed by atoms with E-state index in [0.717, 1.165) is 0 Å². The van der Waals surface area contributed by atoms with E-state index in [0.29, 0.717) is 12.1 Å². The van der Waals surface area contributed by atoms with Gasteiger partial charge in [-0.2, -0.15) is 5.26 Å². The average Bonchev–Trinajstić information content (AvgIpc) is 2.28. The van der Waals surface area contributed by atoms with Crippen molar-refractivity contribution >= 4 is 21.4 Å². The molecule has 1 aromatic rings. The number of aromatic nitrogens is 2. The molecule has 0 saturated heterocycles. The Hall–Kier alpha value is -1.19. The van der Waals surface area contributed by atoms with Gasteiger partial charge in [0, 0.05) is 11.6 Å². The normalized spacial score (nSPS) is 13.1. The zero-order chi connectivity index (χ0) is 13.1. The first-order valence-corrected chi connectivity index (χ1v) is 7.05. The van der Waals surface area contributed by atoms with E-state index in [1.165, 1.54) is 6.07 Å². The summed E-state index contributed by atoms with van der Waals surface area (Å²) in [5.74, 6) is 0.247. The number of rotatable bonds is 4. The highest BCUT2D eigenvalue weighted by Crippen LogP contribution is 2.15. The molecule has 0 aliphatic heterocycles. The Labute approximate surface area is 105 Å². The highest BCUT2D eigenvalue weighted by Gasteiger charge is 2.26. The van der Waals surface area contributed by atoms with Crippen molar-refractivity contribution in [1.29, 1.82) is 5.26 Å². The minimum atomic E-state index is -3.61. The monoisotopic (exact) mass is 273 g/mol. The van der Waals surface area contributed by atoms with E-state index in [1.54, 1.807) is 13.8 Å². The summed E-state index contributed by atoms with van der Waals surface area (Å²) >= 11 is 5.52. The van der Waals surface area contributed by atoms with Gasteiger partial charge in [-0.15, -0.1) is 11.6 Å². The van der Waals surface area contributed by atoms with Gasteiger partial charge < -0.3 is 0 Å². The van der Waals surface area contributed by atoms with Crippen LogP contribution in [0.2, 0.25) is 0 Å². The molecule has 0 spiro atoms. The molecular weight excluding hydrogens is 262 g/mol. The number of hydrogen-bond donors (Lipinski definition) is 0. The lowest BCUT2D eigenvalue weighted by Gasteiger charge is -2.10. The van der Waals surface area contributed by atoms with E-state index >= 15 is 0 Å². The summed E-state index contributed by atoms with van der Waals surface area (Å²) in [5.41, 5.74) is 0.502. The third-order valence-corrected chi connectivity index (χ3v) is 4.45. The Bertz CT molecular complexity index is 551. The van der Waals surface area contributed by atoms with Crippen molar-refractivity contribution in [3.63, 3.8) is 0 Å². The summed E-state index contributed by atoms with van der Waals surface area (Å²) in [4.78, 5) is 7.59. The average molecular weight is 274 g/mol. The third kappa shape index (κ3) is 3.14. The van der Waals surface area contributed by atoms with Gasteiger partial charge >= 0.3 is 0 Å². The predicted molar refractivity (Wildman–Crippen MR) is 63.5 cm³/mol. The lowest BCUT2D eigenvalue weighted by molar-refractivity contribution is 0.571. The zero-order valence-electron chi connectivity index (χ0n) is 9.51. The molecule has 17 heavy (non-hydrogen) atoms. The van der Waals surface area contributed by atoms with Crippen LogP contribution in [-0.2, 0) is 9.84 Å². The number of nitriles is 1. The summed E-state index contributed by atoms with van der Waals surface area (Å²) < 4.78 is 24.1. The summed E-state index contributed by atoms with van der Waals surface area (Å²) in [6.45, 7) is 3.17. The van der Waals surface area contributed by atoms with E-state index in [-0.39, 0.29) is 16.7 Å². The molecule has 92 valence electrons. The van der Waals surface area contributed by atoms with Gasteiger partial charge in [0.1, 0.15) is 11.8 Å². The first kappa shape index (κ1) is 13.9. The Morgan fingerprint density at radius 1 is 1.53 bits per heavy atom. The predicted octanol–water partition coefficient (Wildman–Crippen LogP) is 1.45. The summed E-state index contributed by atoms with van der Waals surface area (Å²) in [6.07, 6.45) is 0.322. The second-order valence-electron chi connectivity index (χ2n) is 3.62. The summed E-state index contributed by atoms with van der Waals surface area (Å²) in [5, 5.41) is 7.78. The number of alkyl halides is 1. The Morgan fingerprint density at radius 3 is 2.71 bits per heavy atom. The number of hydrogen-bond acceptors (Lipinski definition) is 5. The van der Waals surface area contributed by atoms with Crippen molar-refractivity contribution < 1.29 is 8.42 Å². The molecule has 1 rings (SSSR count). The number of aryl methyl sites for hydroxylation is 1. The zero-order valence-corrected chi connectivity index (χ0v) is 11.1. The van der Waals surface area contributed by atoms with Gasteiger partial charge in [-0.3, -0.25) is 0 Å². The summed E-state index contributed by atoms with van der Waals surface area (Å²) in [6, 6.07) is 3.25. The quantitative estimate of drug-likeness (QED) is 0.612. The Kier molecular flexibility index (Phi) is 4.43. The largest absolute Gasteiger partial charge is 0.248 e. The van der Waals surface area contributed by atoms with Crippen molar-refractivity contribution in [3.8, 4) is 6.07 Å². The van der Waals surface area contributed by atoms with Crippen LogP contribution < -0.4 is 0 Å². The fourth-order valence-corrected chi connectivity index (χ4v) is 2.96. The van der Waals surface area contributed by atoms with Crippen LogP contribution in [0, 0.1) is 18.3 Å². The van der Waals surface area contributed by atoms with Crippen LogP contribution >= 0.6 is 11.6 Å². The van der Waals surface area contributed by atoms with Crippen LogP contribution in [0.5, 0.6) is 0 Å². The molecule has 0 N–H and O–H groups in total. The maximum absolute atomic E-state index is 12.0. The molecule has 1 heterocycles. The first-order valence-electron chi connectivity index (χ1n) is 4.97. The molecule has 0 amide bonds. The van der Waals surface area contributed by atoms with Crippen molar-refractivity contribution in [1.82, 2.24) is 9.97 Å². The molecular formula is C10H12ClN3O2S. The molecule has 0 aromatic carbocycles. The lowest BCUT2D eigenvalue weighted by Crippen LogP contribution is -2.21. The molecule has 1 atom stereocenters. The number of sulfone groups is 1. The lowest BCUT2D eigenvalue weighted by atomic mass is 10.4. The first-order chi connectivity index (χ1) is 7.91. The molecule has 7 heteroatoms. The number of nitrogens with zero attached hydrogens (tertiary/aromatic N) is 3. The Balaban J connectivity index is 3.25. The van der Waals surface area contributed by atoms with Gasteiger partial charge in [0.05, 0.1) is 5.25 Å². The minimum absolute atomic E-state index is 0.0501. The van der Waals surface area contributed by atoms with E-state index < -0.39 is 15.1 Å². The van der Waals surface area contributed by atoms with E-state index in [2.05, 4.69) is 9.97 Å². The smallest absolute Gasteiger partial charge is 0.224 e. The van der Waals surface area contributed by atoms with Gasteiger partial charge in [-0.1, -0.05) is 0 Å². The maximum Gasteiger partial charge on any atom is 0.248 e. The molecule has 0 aliphatic rings. The molecule has 5 nitrogen and oxygen atoms in total. The van der Waals surface area contributed by atoms with Crippen LogP contribution in [0.3, 0.4) is 0 Å². The number of halogens is 1. The fourth-order valence-electron chi connectivity index (χ4n) is 1.21. The molecule has 0 radical (unpaired) electrons. The minimum Gasteiger partial charge on any atom is -0.224 e. The van der Waals surface area contributed by atoms with Gasteiger partial charge in [0.2, 0.25) is 15.0 Å². The van der Waals surface area contributed by atoms with Gasteiger partial charge in [-0.05, 0) is 26.3 Å². The summed E-state index contributed by atoms with van der Waals surface area (Å²) in [7, 11) is -3.61. The molecule has 0 saturated carbocycles. The van der Waals surface area contributed by atoms with Gasteiger partial charge in [0.15, 0.2) is 0 Å². The van der Waals surface area contributed by atoms with Crippen molar-refractivity contribution in [2.75, 3.05) is 5.88 Å². The SMILES string of the molecule is Cc1cc(C#N)nc(S(=O)(=O)C(C)CCCl)n1. The van der Waals surface area contributed by atoms with Gasteiger partial charge in [0.25, 0.3) is 0 Å². The molecule has 0 aliphatic carbocycles. The highest BCUT2D eigenvalue weighted by atomic mass is 35.5. The van der Waals surface area contributed by atoms with Crippen molar-refractivity contribution in [3.05, 3.63) is 17.5 Å². The van der Waals surface area contributed by atoms with Gasteiger partial charge in [-0.25, -0.2) is 18.4 Å². The topological polar surface area (TPSA) is 83.7 Å². The van der Waals surface area contributed by atoms with Crippen molar-refractivity contribution in [2.45, 2.75) is 30.7 Å². The third-order valence-electron chi connectivity index (χ3n) is 2.25. The fraction of sp³-hybridized carbons (Fsp3) is 0.500. The van der Waals surface area contributed by atoms with Crippen molar-refractivity contribution in [2.24, 2.45) is 0 Å². The molecule has 0 fully saturated rings.